The summed E-state index contributed by atoms with van der Waals surface area (Å²) < 4.78 is 5.36. The number of rotatable bonds is 3. The highest BCUT2D eigenvalue weighted by molar-refractivity contribution is 6.29. The van der Waals surface area contributed by atoms with Gasteiger partial charge < -0.3 is 15.0 Å². The third kappa shape index (κ3) is 3.35. The number of benzene rings is 1. The standard InChI is InChI=1S/C15H15ClN4O2/c16-14-10-17-9-12(18-14)15(21)19-11-3-1-2-4-13(11)20-5-7-22-8-6-20/h1-4,9-10H,5-8H2,(H,19,21). The Kier molecular flexibility index (Phi) is 4.50. The minimum atomic E-state index is -0.337. The molecule has 1 aliphatic heterocycles. The highest BCUT2D eigenvalue weighted by Crippen LogP contribution is 2.26. The summed E-state index contributed by atoms with van der Waals surface area (Å²) in [5, 5.41) is 3.06. The Balaban J connectivity index is 1.81. The zero-order valence-electron chi connectivity index (χ0n) is 11.8. The number of hydrogen-bond acceptors (Lipinski definition) is 5. The van der Waals surface area contributed by atoms with Crippen molar-refractivity contribution in [1.29, 1.82) is 0 Å². The second kappa shape index (κ2) is 6.72. The van der Waals surface area contributed by atoms with Crippen molar-refractivity contribution in [1.82, 2.24) is 9.97 Å². The van der Waals surface area contributed by atoms with E-state index < -0.39 is 0 Å². The Morgan fingerprint density at radius 3 is 2.77 bits per heavy atom. The van der Waals surface area contributed by atoms with Crippen molar-refractivity contribution in [2.24, 2.45) is 0 Å². The number of halogens is 1. The maximum absolute atomic E-state index is 12.3. The summed E-state index contributed by atoms with van der Waals surface area (Å²) in [5.41, 5.74) is 1.88. The maximum atomic E-state index is 12.3. The lowest BCUT2D eigenvalue weighted by atomic mass is 10.2. The summed E-state index contributed by atoms with van der Waals surface area (Å²) in [6, 6.07) is 7.66. The van der Waals surface area contributed by atoms with Gasteiger partial charge >= 0.3 is 0 Å². The number of nitrogens with one attached hydrogen (secondary N) is 1. The molecule has 0 aliphatic carbocycles. The molecule has 1 aliphatic rings. The molecule has 0 atom stereocenters. The van der Waals surface area contributed by atoms with Crippen LogP contribution in [0.5, 0.6) is 0 Å². The van der Waals surface area contributed by atoms with Gasteiger partial charge in [0.05, 0.1) is 37.0 Å². The first-order valence-electron chi connectivity index (χ1n) is 6.94. The number of carbonyl (C=O) groups is 1. The normalized spacial score (nSPS) is 14.7. The van der Waals surface area contributed by atoms with Crippen LogP contribution in [0, 0.1) is 0 Å². The highest BCUT2D eigenvalue weighted by Gasteiger charge is 2.17. The number of aromatic nitrogens is 2. The van der Waals surface area contributed by atoms with Gasteiger partial charge in [0.15, 0.2) is 0 Å². The average Bonchev–Trinajstić information content (AvgIpc) is 2.56. The molecule has 114 valence electrons. The molecule has 1 aromatic heterocycles. The molecule has 0 unspecified atom stereocenters. The third-order valence-corrected chi connectivity index (χ3v) is 3.52. The topological polar surface area (TPSA) is 67.4 Å². The molecule has 1 fully saturated rings. The molecule has 2 heterocycles. The predicted molar refractivity (Wildman–Crippen MR) is 84.5 cm³/mol. The van der Waals surface area contributed by atoms with Crippen LogP contribution in [0.15, 0.2) is 36.7 Å². The summed E-state index contributed by atoms with van der Waals surface area (Å²) >= 11 is 5.77. The molecule has 7 heteroatoms. The van der Waals surface area contributed by atoms with Crippen molar-refractivity contribution < 1.29 is 9.53 Å². The average molecular weight is 319 g/mol. The van der Waals surface area contributed by atoms with Crippen molar-refractivity contribution in [2.75, 3.05) is 36.5 Å². The second-order valence-electron chi connectivity index (χ2n) is 4.80. The van der Waals surface area contributed by atoms with E-state index >= 15 is 0 Å². The largest absolute Gasteiger partial charge is 0.378 e. The number of amides is 1. The summed E-state index contributed by atoms with van der Waals surface area (Å²) in [6.45, 7) is 2.96. The van der Waals surface area contributed by atoms with Crippen LogP contribution in [0.1, 0.15) is 10.5 Å². The Labute approximate surface area is 133 Å². The first-order chi connectivity index (χ1) is 10.7. The first-order valence-corrected chi connectivity index (χ1v) is 7.32. The summed E-state index contributed by atoms with van der Waals surface area (Å²) in [7, 11) is 0. The van der Waals surface area contributed by atoms with Gasteiger partial charge in [0, 0.05) is 13.1 Å². The molecule has 2 aromatic rings. The van der Waals surface area contributed by atoms with Gasteiger partial charge in [-0.05, 0) is 12.1 Å². The number of morpholine rings is 1. The number of carbonyl (C=O) groups excluding carboxylic acids is 1. The fourth-order valence-electron chi connectivity index (χ4n) is 2.30. The number of anilines is 2. The minimum Gasteiger partial charge on any atom is -0.378 e. The summed E-state index contributed by atoms with van der Waals surface area (Å²) in [5.74, 6) is -0.337. The van der Waals surface area contributed by atoms with Crippen molar-refractivity contribution >= 4 is 28.9 Å². The lowest BCUT2D eigenvalue weighted by molar-refractivity contribution is 0.102. The highest BCUT2D eigenvalue weighted by atomic mass is 35.5. The zero-order valence-corrected chi connectivity index (χ0v) is 12.6. The van der Waals surface area contributed by atoms with Crippen LogP contribution in [0.25, 0.3) is 0 Å². The van der Waals surface area contributed by atoms with Crippen molar-refractivity contribution in [3.05, 3.63) is 47.5 Å². The molecule has 0 radical (unpaired) electrons. The van der Waals surface area contributed by atoms with Crippen molar-refractivity contribution in [2.45, 2.75) is 0 Å². The van der Waals surface area contributed by atoms with Gasteiger partial charge in [-0.1, -0.05) is 23.7 Å². The number of nitrogens with zero attached hydrogens (tertiary/aromatic N) is 3. The van der Waals surface area contributed by atoms with Crippen LogP contribution < -0.4 is 10.2 Å². The Morgan fingerprint density at radius 1 is 1.23 bits per heavy atom. The number of hydrogen-bond donors (Lipinski definition) is 1. The van der Waals surface area contributed by atoms with Gasteiger partial charge in [0.1, 0.15) is 10.8 Å². The molecule has 1 aromatic carbocycles. The van der Waals surface area contributed by atoms with Crippen LogP contribution in [-0.4, -0.2) is 42.2 Å². The molecule has 0 bridgehead atoms. The van der Waals surface area contributed by atoms with Crippen LogP contribution in [0.4, 0.5) is 11.4 Å². The Hall–Kier alpha value is -2.18. The van der Waals surface area contributed by atoms with Gasteiger partial charge in [-0.2, -0.15) is 0 Å². The zero-order chi connectivity index (χ0) is 15.4. The molecule has 6 nitrogen and oxygen atoms in total. The SMILES string of the molecule is O=C(Nc1ccccc1N1CCOCC1)c1cncc(Cl)n1. The van der Waals surface area contributed by atoms with E-state index in [1.54, 1.807) is 0 Å². The second-order valence-corrected chi connectivity index (χ2v) is 5.18. The van der Waals surface area contributed by atoms with Crippen molar-refractivity contribution in [3.63, 3.8) is 0 Å². The third-order valence-electron chi connectivity index (χ3n) is 3.34. The van der Waals surface area contributed by atoms with Crippen LogP contribution >= 0.6 is 11.6 Å². The smallest absolute Gasteiger partial charge is 0.275 e. The van der Waals surface area contributed by atoms with E-state index in [1.165, 1.54) is 12.4 Å². The number of para-hydroxylation sites is 2. The monoisotopic (exact) mass is 318 g/mol. The maximum Gasteiger partial charge on any atom is 0.275 e. The van der Waals surface area contributed by atoms with E-state index in [1.807, 2.05) is 24.3 Å². The summed E-state index contributed by atoms with van der Waals surface area (Å²) in [4.78, 5) is 22.3. The summed E-state index contributed by atoms with van der Waals surface area (Å²) in [6.07, 6.45) is 2.78. The van der Waals surface area contributed by atoms with E-state index in [9.17, 15) is 4.79 Å². The molecule has 0 saturated carbocycles. The van der Waals surface area contributed by atoms with Gasteiger partial charge in [0.25, 0.3) is 5.91 Å². The lowest BCUT2D eigenvalue weighted by Crippen LogP contribution is -2.36. The molecule has 1 N–H and O–H groups in total. The van der Waals surface area contributed by atoms with E-state index in [2.05, 4.69) is 20.2 Å². The van der Waals surface area contributed by atoms with Gasteiger partial charge in [-0.15, -0.1) is 0 Å². The van der Waals surface area contributed by atoms with Gasteiger partial charge in [0.2, 0.25) is 0 Å². The van der Waals surface area contributed by atoms with E-state index in [-0.39, 0.29) is 16.8 Å². The Bertz CT molecular complexity index is 674. The van der Waals surface area contributed by atoms with Gasteiger partial charge in [-0.3, -0.25) is 9.78 Å². The van der Waals surface area contributed by atoms with Crippen LogP contribution in [0.3, 0.4) is 0 Å². The van der Waals surface area contributed by atoms with Crippen LogP contribution in [0.2, 0.25) is 5.15 Å². The van der Waals surface area contributed by atoms with Crippen LogP contribution in [-0.2, 0) is 4.74 Å². The Morgan fingerprint density at radius 2 is 2.00 bits per heavy atom. The molecule has 3 rings (SSSR count). The molecule has 1 amide bonds. The number of ether oxygens (including phenoxy) is 1. The fourth-order valence-corrected chi connectivity index (χ4v) is 2.44. The van der Waals surface area contributed by atoms with Crippen molar-refractivity contribution in [3.8, 4) is 0 Å². The van der Waals surface area contributed by atoms with Gasteiger partial charge in [-0.25, -0.2) is 4.98 Å². The fraction of sp³-hybridized carbons (Fsp3) is 0.267. The van der Waals surface area contributed by atoms with E-state index in [4.69, 9.17) is 16.3 Å². The lowest BCUT2D eigenvalue weighted by Gasteiger charge is -2.30. The molecule has 1 saturated heterocycles. The molecule has 0 spiro atoms. The van der Waals surface area contributed by atoms with E-state index in [0.717, 1.165) is 24.5 Å². The molecular weight excluding hydrogens is 304 g/mol. The molecular formula is C15H15ClN4O2. The minimum absolute atomic E-state index is 0.185. The van der Waals surface area contributed by atoms with E-state index in [0.29, 0.717) is 13.2 Å². The quantitative estimate of drug-likeness (QED) is 0.940. The first kappa shape index (κ1) is 14.7. The molecule has 22 heavy (non-hydrogen) atoms. The predicted octanol–water partition coefficient (Wildman–Crippen LogP) is 2.22.